The Morgan fingerprint density at radius 2 is 2.22 bits per heavy atom. The van der Waals surface area contributed by atoms with E-state index in [0.717, 1.165) is 19.6 Å². The summed E-state index contributed by atoms with van der Waals surface area (Å²) in [4.78, 5) is 9.73. The smallest absolute Gasteiger partial charge is 0.351 e. The molecule has 0 aromatic carbocycles. The molecule has 1 saturated heterocycles. The van der Waals surface area contributed by atoms with Crippen molar-refractivity contribution in [2.75, 3.05) is 24.5 Å². The summed E-state index contributed by atoms with van der Waals surface area (Å²) in [5, 5.41) is 3.22. The third-order valence-electron chi connectivity index (χ3n) is 2.89. The zero-order valence-corrected chi connectivity index (χ0v) is 10.0. The molecule has 1 fully saturated rings. The highest BCUT2D eigenvalue weighted by Gasteiger charge is 2.29. The second-order valence-electron chi connectivity index (χ2n) is 4.41. The Labute approximate surface area is 103 Å². The topological polar surface area (TPSA) is 41.0 Å². The average molecular weight is 260 g/mol. The van der Waals surface area contributed by atoms with Crippen molar-refractivity contribution in [3.05, 3.63) is 18.1 Å². The van der Waals surface area contributed by atoms with E-state index in [1.165, 1.54) is 12.4 Å². The van der Waals surface area contributed by atoms with Crippen LogP contribution in [0.1, 0.15) is 12.6 Å². The monoisotopic (exact) mass is 260 g/mol. The molecule has 18 heavy (non-hydrogen) atoms. The summed E-state index contributed by atoms with van der Waals surface area (Å²) in [7, 11) is 0. The molecule has 1 aromatic heterocycles. The summed E-state index contributed by atoms with van der Waals surface area (Å²) in [6.07, 6.45) is -4.05. The van der Waals surface area contributed by atoms with Crippen molar-refractivity contribution in [3.63, 3.8) is 0 Å². The molecule has 2 heterocycles. The SMILES string of the molecule is C[C@@H]1CNCCN1c1cc(CC(F)(F)F)ncn1. The fourth-order valence-corrected chi connectivity index (χ4v) is 2.03. The minimum Gasteiger partial charge on any atom is -0.351 e. The van der Waals surface area contributed by atoms with E-state index >= 15 is 0 Å². The summed E-state index contributed by atoms with van der Waals surface area (Å²) < 4.78 is 36.9. The maximum absolute atomic E-state index is 12.3. The second-order valence-corrected chi connectivity index (χ2v) is 4.41. The van der Waals surface area contributed by atoms with E-state index < -0.39 is 12.6 Å². The van der Waals surface area contributed by atoms with Gasteiger partial charge in [0.25, 0.3) is 0 Å². The van der Waals surface area contributed by atoms with Crippen molar-refractivity contribution in [1.82, 2.24) is 15.3 Å². The lowest BCUT2D eigenvalue weighted by Crippen LogP contribution is -2.50. The third kappa shape index (κ3) is 3.32. The number of hydrogen-bond acceptors (Lipinski definition) is 4. The Bertz CT molecular complexity index is 408. The Hall–Kier alpha value is -1.37. The second kappa shape index (κ2) is 5.09. The molecule has 0 spiro atoms. The normalized spacial score (nSPS) is 21.1. The minimum absolute atomic E-state index is 0.0123. The molecule has 7 heteroatoms. The first-order chi connectivity index (χ1) is 8.46. The van der Waals surface area contributed by atoms with Crippen LogP contribution < -0.4 is 10.2 Å². The van der Waals surface area contributed by atoms with Crippen LogP contribution in [-0.2, 0) is 6.42 Å². The third-order valence-corrected chi connectivity index (χ3v) is 2.89. The van der Waals surface area contributed by atoms with Crippen molar-refractivity contribution >= 4 is 5.82 Å². The number of hydrogen-bond donors (Lipinski definition) is 1. The first kappa shape index (κ1) is 13.1. The van der Waals surface area contributed by atoms with Crippen molar-refractivity contribution < 1.29 is 13.2 Å². The maximum Gasteiger partial charge on any atom is 0.394 e. The first-order valence-electron chi connectivity index (χ1n) is 5.81. The van der Waals surface area contributed by atoms with Crippen LogP contribution in [0.2, 0.25) is 0 Å². The number of halogens is 3. The van der Waals surface area contributed by atoms with Gasteiger partial charge in [0.05, 0.1) is 12.1 Å². The molecular formula is C11H15F3N4. The highest BCUT2D eigenvalue weighted by molar-refractivity contribution is 5.41. The van der Waals surface area contributed by atoms with Crippen molar-refractivity contribution in [3.8, 4) is 0 Å². The van der Waals surface area contributed by atoms with E-state index in [4.69, 9.17) is 0 Å². The van der Waals surface area contributed by atoms with E-state index in [1.807, 2.05) is 11.8 Å². The fourth-order valence-electron chi connectivity index (χ4n) is 2.03. The number of anilines is 1. The predicted molar refractivity (Wildman–Crippen MR) is 61.5 cm³/mol. The standard InChI is InChI=1S/C11H15F3N4/c1-8-6-15-2-3-18(8)10-4-9(16-7-17-10)5-11(12,13)14/h4,7-8,15H,2-3,5-6H2,1H3/t8-/m1/s1. The Balaban J connectivity index is 2.16. The van der Waals surface area contributed by atoms with Crippen LogP contribution >= 0.6 is 0 Å². The number of rotatable bonds is 2. The molecule has 1 N–H and O–H groups in total. The molecule has 1 aliphatic heterocycles. The number of nitrogens with zero attached hydrogens (tertiary/aromatic N) is 3. The molecule has 2 rings (SSSR count). The lowest BCUT2D eigenvalue weighted by Gasteiger charge is -2.34. The summed E-state index contributed by atoms with van der Waals surface area (Å²) in [6.45, 7) is 4.36. The number of alkyl halides is 3. The molecular weight excluding hydrogens is 245 g/mol. The van der Waals surface area contributed by atoms with Gasteiger partial charge in [0, 0.05) is 31.7 Å². The molecule has 0 amide bonds. The Morgan fingerprint density at radius 1 is 1.44 bits per heavy atom. The molecule has 100 valence electrons. The molecule has 1 atom stereocenters. The zero-order chi connectivity index (χ0) is 13.2. The Morgan fingerprint density at radius 3 is 2.89 bits per heavy atom. The number of aromatic nitrogens is 2. The van der Waals surface area contributed by atoms with E-state index in [2.05, 4.69) is 15.3 Å². The zero-order valence-electron chi connectivity index (χ0n) is 10.0. The van der Waals surface area contributed by atoms with E-state index in [-0.39, 0.29) is 11.7 Å². The molecule has 0 saturated carbocycles. The van der Waals surface area contributed by atoms with Crippen LogP contribution in [0.25, 0.3) is 0 Å². The van der Waals surface area contributed by atoms with Gasteiger partial charge in [0.1, 0.15) is 12.1 Å². The Kier molecular flexibility index (Phi) is 3.70. The van der Waals surface area contributed by atoms with Gasteiger partial charge in [-0.25, -0.2) is 9.97 Å². The lowest BCUT2D eigenvalue weighted by molar-refractivity contribution is -0.127. The van der Waals surface area contributed by atoms with E-state index in [0.29, 0.717) is 5.82 Å². The van der Waals surface area contributed by atoms with Crippen LogP contribution in [0.5, 0.6) is 0 Å². The van der Waals surface area contributed by atoms with Gasteiger partial charge in [-0.1, -0.05) is 0 Å². The van der Waals surface area contributed by atoms with Gasteiger partial charge < -0.3 is 10.2 Å². The molecule has 0 aliphatic carbocycles. The maximum atomic E-state index is 12.3. The van der Waals surface area contributed by atoms with Gasteiger partial charge in [-0.15, -0.1) is 0 Å². The van der Waals surface area contributed by atoms with Gasteiger partial charge in [0.15, 0.2) is 0 Å². The average Bonchev–Trinajstić information content (AvgIpc) is 2.27. The summed E-state index contributed by atoms with van der Waals surface area (Å²) in [6, 6.07) is 1.64. The lowest BCUT2D eigenvalue weighted by atomic mass is 10.2. The van der Waals surface area contributed by atoms with Gasteiger partial charge >= 0.3 is 6.18 Å². The molecule has 0 unspecified atom stereocenters. The molecule has 4 nitrogen and oxygen atoms in total. The van der Waals surface area contributed by atoms with Gasteiger partial charge in [0.2, 0.25) is 0 Å². The quantitative estimate of drug-likeness (QED) is 0.872. The molecule has 1 aromatic rings. The van der Waals surface area contributed by atoms with Crippen molar-refractivity contribution in [2.24, 2.45) is 0 Å². The minimum atomic E-state index is -4.24. The van der Waals surface area contributed by atoms with Gasteiger partial charge in [-0.2, -0.15) is 13.2 Å². The molecule has 0 bridgehead atoms. The van der Waals surface area contributed by atoms with E-state index in [1.54, 1.807) is 0 Å². The predicted octanol–water partition coefficient (Wildman–Crippen LogP) is 1.38. The molecule has 0 radical (unpaired) electrons. The van der Waals surface area contributed by atoms with Gasteiger partial charge in [-0.05, 0) is 6.92 Å². The highest BCUT2D eigenvalue weighted by atomic mass is 19.4. The number of piperazine rings is 1. The van der Waals surface area contributed by atoms with Crippen LogP contribution in [0.15, 0.2) is 12.4 Å². The largest absolute Gasteiger partial charge is 0.394 e. The van der Waals surface area contributed by atoms with Crippen LogP contribution in [0.4, 0.5) is 19.0 Å². The fraction of sp³-hybridized carbons (Fsp3) is 0.636. The number of nitrogens with one attached hydrogen (secondary N) is 1. The van der Waals surface area contributed by atoms with Gasteiger partial charge in [-0.3, -0.25) is 0 Å². The van der Waals surface area contributed by atoms with Crippen LogP contribution in [-0.4, -0.2) is 41.8 Å². The van der Waals surface area contributed by atoms with Crippen molar-refractivity contribution in [1.29, 1.82) is 0 Å². The van der Waals surface area contributed by atoms with Crippen molar-refractivity contribution in [2.45, 2.75) is 25.6 Å². The first-order valence-corrected chi connectivity index (χ1v) is 5.81. The van der Waals surface area contributed by atoms with E-state index in [9.17, 15) is 13.2 Å². The molecule has 1 aliphatic rings. The summed E-state index contributed by atoms with van der Waals surface area (Å²) in [5.41, 5.74) is 0.0123. The summed E-state index contributed by atoms with van der Waals surface area (Å²) >= 11 is 0. The van der Waals surface area contributed by atoms with Crippen LogP contribution in [0, 0.1) is 0 Å². The van der Waals surface area contributed by atoms with Crippen LogP contribution in [0.3, 0.4) is 0 Å². The summed E-state index contributed by atoms with van der Waals surface area (Å²) in [5.74, 6) is 0.568. The highest BCUT2D eigenvalue weighted by Crippen LogP contribution is 2.22.